The van der Waals surface area contributed by atoms with Crippen LogP contribution in [0.2, 0.25) is 0 Å². The lowest BCUT2D eigenvalue weighted by atomic mass is 10.0. The zero-order chi connectivity index (χ0) is 8.48. The average Bonchev–Trinajstić information content (AvgIpc) is 2.65. The third kappa shape index (κ3) is 1.25. The van der Waals surface area contributed by atoms with Crippen LogP contribution in [0.15, 0.2) is 0 Å². The van der Waals surface area contributed by atoms with Gasteiger partial charge in [0.2, 0.25) is 0 Å². The Morgan fingerprint density at radius 2 is 2.45 bits per heavy atom. The quantitative estimate of drug-likeness (QED) is 0.635. The number of rotatable bonds is 4. The summed E-state index contributed by atoms with van der Waals surface area (Å²) >= 11 is 0. The third-order valence-electron chi connectivity index (χ3n) is 2.66. The van der Waals surface area contributed by atoms with Gasteiger partial charge in [0.1, 0.15) is 0 Å². The Bertz CT molecular complexity index is 169. The van der Waals surface area contributed by atoms with Gasteiger partial charge >= 0.3 is 5.97 Å². The first kappa shape index (κ1) is 8.53. The molecule has 3 N–H and O–H groups in total. The normalized spacial score (nSPS) is 35.3. The molecule has 1 fully saturated rings. The van der Waals surface area contributed by atoms with Gasteiger partial charge in [-0.2, -0.15) is 0 Å². The van der Waals surface area contributed by atoms with Crippen molar-refractivity contribution in [3.63, 3.8) is 0 Å². The number of carbonyl (C=O) groups is 1. The second-order valence-electron chi connectivity index (χ2n) is 3.36. The summed E-state index contributed by atoms with van der Waals surface area (Å²) in [4.78, 5) is 10.7. The first-order valence-corrected chi connectivity index (χ1v) is 4.11. The van der Waals surface area contributed by atoms with Gasteiger partial charge in [0.05, 0.1) is 5.41 Å². The molecule has 3 heteroatoms. The van der Waals surface area contributed by atoms with Crippen molar-refractivity contribution in [2.45, 2.75) is 26.2 Å². The van der Waals surface area contributed by atoms with Crippen molar-refractivity contribution in [3.05, 3.63) is 0 Å². The van der Waals surface area contributed by atoms with Gasteiger partial charge in [-0.15, -0.1) is 0 Å². The third-order valence-corrected chi connectivity index (χ3v) is 2.66. The summed E-state index contributed by atoms with van der Waals surface area (Å²) in [5, 5.41) is 8.82. The Kier molecular flexibility index (Phi) is 2.18. The van der Waals surface area contributed by atoms with Crippen molar-refractivity contribution in [1.82, 2.24) is 0 Å². The maximum atomic E-state index is 10.7. The van der Waals surface area contributed by atoms with E-state index in [9.17, 15) is 4.79 Å². The highest BCUT2D eigenvalue weighted by molar-refractivity contribution is 5.78. The summed E-state index contributed by atoms with van der Waals surface area (Å²) < 4.78 is 0. The number of hydrogen-bond acceptors (Lipinski definition) is 2. The molecule has 0 aromatic rings. The smallest absolute Gasteiger partial charge is 0.311 e. The first-order valence-electron chi connectivity index (χ1n) is 4.11. The molecule has 1 rings (SSSR count). The molecule has 64 valence electrons. The fraction of sp³-hybridized carbons (Fsp3) is 0.875. The molecule has 2 atom stereocenters. The van der Waals surface area contributed by atoms with Crippen LogP contribution in [-0.2, 0) is 4.79 Å². The molecule has 1 aliphatic carbocycles. The van der Waals surface area contributed by atoms with Crippen LogP contribution in [0.25, 0.3) is 0 Å². The Labute approximate surface area is 66.6 Å². The SMILES string of the molecule is CCCC1CC1(CN)C(=O)O. The molecule has 0 radical (unpaired) electrons. The van der Waals surface area contributed by atoms with Gasteiger partial charge < -0.3 is 10.8 Å². The fourth-order valence-electron chi connectivity index (χ4n) is 1.71. The van der Waals surface area contributed by atoms with Crippen molar-refractivity contribution < 1.29 is 9.90 Å². The highest BCUT2D eigenvalue weighted by atomic mass is 16.4. The van der Waals surface area contributed by atoms with E-state index >= 15 is 0 Å². The topological polar surface area (TPSA) is 63.3 Å². The standard InChI is InChI=1S/C8H15NO2/c1-2-3-6-4-8(6,5-9)7(10)11/h6H,2-5,9H2,1H3,(H,10,11). The van der Waals surface area contributed by atoms with Crippen molar-refractivity contribution in [2.75, 3.05) is 6.54 Å². The lowest BCUT2D eigenvalue weighted by Gasteiger charge is -2.07. The Hall–Kier alpha value is -0.570. The molecule has 0 aromatic carbocycles. The Morgan fingerprint density at radius 3 is 2.73 bits per heavy atom. The van der Waals surface area contributed by atoms with Gasteiger partial charge in [-0.1, -0.05) is 13.3 Å². The molecule has 0 aliphatic heterocycles. The van der Waals surface area contributed by atoms with Gasteiger partial charge in [0.15, 0.2) is 0 Å². The molecular formula is C8H15NO2. The number of aliphatic carboxylic acids is 1. The molecule has 0 bridgehead atoms. The number of carboxylic acids is 1. The maximum absolute atomic E-state index is 10.7. The minimum Gasteiger partial charge on any atom is -0.481 e. The molecule has 1 aliphatic rings. The zero-order valence-corrected chi connectivity index (χ0v) is 6.84. The van der Waals surface area contributed by atoms with Crippen LogP contribution >= 0.6 is 0 Å². The van der Waals surface area contributed by atoms with Crippen LogP contribution in [0.5, 0.6) is 0 Å². The lowest BCUT2D eigenvalue weighted by molar-refractivity contribution is -0.143. The summed E-state index contributed by atoms with van der Waals surface area (Å²) in [7, 11) is 0. The number of nitrogens with two attached hydrogens (primary N) is 1. The molecular weight excluding hydrogens is 142 g/mol. The van der Waals surface area contributed by atoms with Crippen LogP contribution in [0, 0.1) is 11.3 Å². The largest absolute Gasteiger partial charge is 0.481 e. The minimum atomic E-state index is -0.710. The van der Waals surface area contributed by atoms with E-state index in [1.54, 1.807) is 0 Å². The monoisotopic (exact) mass is 157 g/mol. The highest BCUT2D eigenvalue weighted by Gasteiger charge is 2.58. The van der Waals surface area contributed by atoms with Crippen LogP contribution in [0.4, 0.5) is 0 Å². The summed E-state index contributed by atoms with van der Waals surface area (Å²) in [5.74, 6) is -0.367. The summed E-state index contributed by atoms with van der Waals surface area (Å²) in [6, 6.07) is 0. The van der Waals surface area contributed by atoms with E-state index in [0.717, 1.165) is 19.3 Å². The van der Waals surface area contributed by atoms with E-state index in [-0.39, 0.29) is 0 Å². The molecule has 0 saturated heterocycles. The lowest BCUT2D eigenvalue weighted by Crippen LogP contribution is -2.27. The zero-order valence-electron chi connectivity index (χ0n) is 6.84. The van der Waals surface area contributed by atoms with Crippen molar-refractivity contribution in [2.24, 2.45) is 17.1 Å². The van der Waals surface area contributed by atoms with Crippen molar-refractivity contribution >= 4 is 5.97 Å². The fourth-order valence-corrected chi connectivity index (χ4v) is 1.71. The molecule has 3 nitrogen and oxygen atoms in total. The van der Waals surface area contributed by atoms with Crippen molar-refractivity contribution in [1.29, 1.82) is 0 Å². The Balaban J connectivity index is 2.49. The molecule has 0 amide bonds. The van der Waals surface area contributed by atoms with Gasteiger partial charge in [-0.05, 0) is 18.8 Å². The summed E-state index contributed by atoms with van der Waals surface area (Å²) in [5.41, 5.74) is 4.86. The van der Waals surface area contributed by atoms with E-state index < -0.39 is 11.4 Å². The molecule has 0 aromatic heterocycles. The highest BCUT2D eigenvalue weighted by Crippen LogP contribution is 2.54. The van der Waals surface area contributed by atoms with E-state index in [4.69, 9.17) is 10.8 Å². The van der Waals surface area contributed by atoms with Gasteiger partial charge in [-0.25, -0.2) is 0 Å². The molecule has 0 spiro atoms. The molecule has 11 heavy (non-hydrogen) atoms. The Morgan fingerprint density at radius 1 is 1.82 bits per heavy atom. The molecule has 2 unspecified atom stereocenters. The average molecular weight is 157 g/mol. The predicted octanol–water partition coefficient (Wildman–Crippen LogP) is 0.836. The van der Waals surface area contributed by atoms with Gasteiger partial charge in [-0.3, -0.25) is 4.79 Å². The number of hydrogen-bond donors (Lipinski definition) is 2. The summed E-state index contributed by atoms with van der Waals surface area (Å²) in [6.07, 6.45) is 2.84. The van der Waals surface area contributed by atoms with Crippen LogP contribution in [0.3, 0.4) is 0 Å². The number of carboxylic acid groups (broad SMARTS) is 1. The molecule has 0 heterocycles. The maximum Gasteiger partial charge on any atom is 0.311 e. The van der Waals surface area contributed by atoms with E-state index in [0.29, 0.717) is 12.5 Å². The van der Waals surface area contributed by atoms with Crippen LogP contribution in [0.1, 0.15) is 26.2 Å². The van der Waals surface area contributed by atoms with Gasteiger partial charge in [0.25, 0.3) is 0 Å². The van der Waals surface area contributed by atoms with E-state index in [1.807, 2.05) is 0 Å². The minimum absolute atomic E-state index is 0.299. The first-order chi connectivity index (χ1) is 5.17. The molecule has 1 saturated carbocycles. The van der Waals surface area contributed by atoms with Crippen molar-refractivity contribution in [3.8, 4) is 0 Å². The van der Waals surface area contributed by atoms with E-state index in [1.165, 1.54) is 0 Å². The van der Waals surface area contributed by atoms with E-state index in [2.05, 4.69) is 6.92 Å². The predicted molar refractivity (Wildman–Crippen MR) is 42.1 cm³/mol. The second-order valence-corrected chi connectivity index (χ2v) is 3.36. The van der Waals surface area contributed by atoms with Crippen LogP contribution in [-0.4, -0.2) is 17.6 Å². The second kappa shape index (κ2) is 2.81. The van der Waals surface area contributed by atoms with Crippen LogP contribution < -0.4 is 5.73 Å². The summed E-state index contributed by atoms with van der Waals surface area (Å²) in [6.45, 7) is 2.37. The van der Waals surface area contributed by atoms with Gasteiger partial charge in [0, 0.05) is 6.54 Å².